The molecule has 0 radical (unpaired) electrons. The second-order valence-electron chi connectivity index (χ2n) is 5.13. The lowest BCUT2D eigenvalue weighted by Gasteiger charge is -2.27. The van der Waals surface area contributed by atoms with Gasteiger partial charge < -0.3 is 5.32 Å². The Morgan fingerprint density at radius 2 is 2.19 bits per heavy atom. The topological polar surface area (TPSA) is 24.9 Å². The zero-order valence-electron chi connectivity index (χ0n) is 10.5. The van der Waals surface area contributed by atoms with Crippen molar-refractivity contribution >= 4 is 0 Å². The number of aryl methyl sites for hydroxylation is 1. The number of aromatic nitrogens is 1. The van der Waals surface area contributed by atoms with E-state index in [0.29, 0.717) is 6.04 Å². The fourth-order valence-corrected chi connectivity index (χ4v) is 3.05. The van der Waals surface area contributed by atoms with Gasteiger partial charge in [0.05, 0.1) is 0 Å². The highest BCUT2D eigenvalue weighted by Gasteiger charge is 2.30. The van der Waals surface area contributed by atoms with E-state index in [1.807, 2.05) is 12.4 Å². The Labute approximate surface area is 98.5 Å². The van der Waals surface area contributed by atoms with Gasteiger partial charge in [0.1, 0.15) is 0 Å². The minimum Gasteiger partial charge on any atom is -0.313 e. The Morgan fingerprint density at radius 3 is 2.75 bits per heavy atom. The van der Waals surface area contributed by atoms with Crippen LogP contribution in [-0.4, -0.2) is 12.0 Å². The molecule has 2 heteroatoms. The van der Waals surface area contributed by atoms with Crippen molar-refractivity contribution in [3.05, 3.63) is 29.6 Å². The van der Waals surface area contributed by atoms with E-state index in [1.165, 1.54) is 30.4 Å². The fourth-order valence-electron chi connectivity index (χ4n) is 3.05. The van der Waals surface area contributed by atoms with Crippen LogP contribution in [-0.2, 0) is 0 Å². The van der Waals surface area contributed by atoms with Crippen LogP contribution in [0.1, 0.15) is 43.4 Å². The monoisotopic (exact) mass is 218 g/mol. The van der Waals surface area contributed by atoms with Crippen LogP contribution in [0.4, 0.5) is 0 Å². The summed E-state index contributed by atoms with van der Waals surface area (Å²) in [7, 11) is 2.07. The second-order valence-corrected chi connectivity index (χ2v) is 5.13. The first kappa shape index (κ1) is 11.6. The molecule has 1 fully saturated rings. The Balaban J connectivity index is 2.21. The van der Waals surface area contributed by atoms with Crippen LogP contribution in [0.25, 0.3) is 0 Å². The molecule has 0 amide bonds. The largest absolute Gasteiger partial charge is 0.313 e. The molecular weight excluding hydrogens is 196 g/mol. The molecule has 0 aromatic carbocycles. The van der Waals surface area contributed by atoms with Crippen molar-refractivity contribution in [3.63, 3.8) is 0 Å². The van der Waals surface area contributed by atoms with Gasteiger partial charge in [0.25, 0.3) is 0 Å². The lowest BCUT2D eigenvalue weighted by molar-refractivity contribution is 0.315. The van der Waals surface area contributed by atoms with Crippen LogP contribution in [0.2, 0.25) is 0 Å². The smallest absolute Gasteiger partial charge is 0.0364 e. The zero-order valence-corrected chi connectivity index (χ0v) is 10.5. The standard InChI is InChI=1S/C14H22N2/c1-10-7-12(9-16-8-10)14(15-3)13-6-4-5-11(13)2/h7-9,11,13-15H,4-6H2,1-3H3. The highest BCUT2D eigenvalue weighted by molar-refractivity contribution is 5.21. The summed E-state index contributed by atoms with van der Waals surface area (Å²) in [5.74, 6) is 1.60. The van der Waals surface area contributed by atoms with Gasteiger partial charge in [0.15, 0.2) is 0 Å². The number of rotatable bonds is 3. The molecule has 2 rings (SSSR count). The van der Waals surface area contributed by atoms with Gasteiger partial charge in [-0.3, -0.25) is 4.98 Å². The maximum absolute atomic E-state index is 4.31. The Bertz CT molecular complexity index is 348. The van der Waals surface area contributed by atoms with Crippen molar-refractivity contribution < 1.29 is 0 Å². The molecule has 1 saturated carbocycles. The third kappa shape index (κ3) is 2.27. The van der Waals surface area contributed by atoms with Crippen molar-refractivity contribution in [3.8, 4) is 0 Å². The quantitative estimate of drug-likeness (QED) is 0.843. The van der Waals surface area contributed by atoms with Gasteiger partial charge in [-0.15, -0.1) is 0 Å². The SMILES string of the molecule is CNC(c1cncc(C)c1)C1CCCC1C. The van der Waals surface area contributed by atoms with Gasteiger partial charge in [-0.1, -0.05) is 25.8 Å². The summed E-state index contributed by atoms with van der Waals surface area (Å²) >= 11 is 0. The molecule has 2 nitrogen and oxygen atoms in total. The molecule has 0 saturated heterocycles. The van der Waals surface area contributed by atoms with E-state index in [1.54, 1.807) is 0 Å². The lowest BCUT2D eigenvalue weighted by atomic mass is 9.86. The zero-order chi connectivity index (χ0) is 11.5. The summed E-state index contributed by atoms with van der Waals surface area (Å²) in [4.78, 5) is 4.31. The summed E-state index contributed by atoms with van der Waals surface area (Å²) in [5.41, 5.74) is 2.60. The molecule has 0 spiro atoms. The average molecular weight is 218 g/mol. The van der Waals surface area contributed by atoms with E-state index in [4.69, 9.17) is 0 Å². The van der Waals surface area contributed by atoms with E-state index in [-0.39, 0.29) is 0 Å². The first-order valence-corrected chi connectivity index (χ1v) is 6.31. The van der Waals surface area contributed by atoms with Gasteiger partial charge in [-0.25, -0.2) is 0 Å². The van der Waals surface area contributed by atoms with E-state index < -0.39 is 0 Å². The van der Waals surface area contributed by atoms with Gasteiger partial charge in [-0.05, 0) is 43.4 Å². The third-order valence-corrected chi connectivity index (χ3v) is 3.92. The predicted molar refractivity (Wildman–Crippen MR) is 67.3 cm³/mol. The van der Waals surface area contributed by atoms with Crippen LogP contribution in [0.5, 0.6) is 0 Å². The van der Waals surface area contributed by atoms with Crippen molar-refractivity contribution in [2.45, 2.75) is 39.2 Å². The van der Waals surface area contributed by atoms with Gasteiger partial charge in [-0.2, -0.15) is 0 Å². The van der Waals surface area contributed by atoms with Crippen LogP contribution >= 0.6 is 0 Å². The molecule has 1 aromatic heterocycles. The minimum atomic E-state index is 0.477. The van der Waals surface area contributed by atoms with Crippen LogP contribution in [0.15, 0.2) is 18.5 Å². The molecule has 0 aliphatic heterocycles. The van der Waals surface area contributed by atoms with E-state index in [9.17, 15) is 0 Å². The normalized spacial score (nSPS) is 26.9. The molecular formula is C14H22N2. The highest BCUT2D eigenvalue weighted by atomic mass is 14.9. The molecule has 0 bridgehead atoms. The Kier molecular flexibility index (Phi) is 3.59. The molecule has 1 aromatic rings. The maximum atomic E-state index is 4.31. The molecule has 88 valence electrons. The van der Waals surface area contributed by atoms with Gasteiger partial charge in [0, 0.05) is 18.4 Å². The number of hydrogen-bond acceptors (Lipinski definition) is 2. The number of nitrogens with one attached hydrogen (secondary N) is 1. The minimum absolute atomic E-state index is 0.477. The summed E-state index contributed by atoms with van der Waals surface area (Å²) in [5, 5.41) is 3.48. The molecule has 1 heterocycles. The predicted octanol–water partition coefficient (Wildman–Crippen LogP) is 3.09. The van der Waals surface area contributed by atoms with Crippen molar-refractivity contribution in [2.75, 3.05) is 7.05 Å². The molecule has 3 unspecified atom stereocenters. The molecule has 16 heavy (non-hydrogen) atoms. The summed E-state index contributed by atoms with van der Waals surface area (Å²) in [6.07, 6.45) is 8.04. The Morgan fingerprint density at radius 1 is 1.38 bits per heavy atom. The highest BCUT2D eigenvalue weighted by Crippen LogP contribution is 2.39. The fraction of sp³-hybridized carbons (Fsp3) is 0.643. The van der Waals surface area contributed by atoms with Gasteiger partial charge >= 0.3 is 0 Å². The third-order valence-electron chi connectivity index (χ3n) is 3.92. The van der Waals surface area contributed by atoms with Crippen molar-refractivity contribution in [1.82, 2.24) is 10.3 Å². The van der Waals surface area contributed by atoms with E-state index in [2.05, 4.69) is 37.3 Å². The van der Waals surface area contributed by atoms with E-state index in [0.717, 1.165) is 11.8 Å². The van der Waals surface area contributed by atoms with Crippen molar-refractivity contribution in [1.29, 1.82) is 0 Å². The number of hydrogen-bond donors (Lipinski definition) is 1. The Hall–Kier alpha value is -0.890. The molecule has 3 atom stereocenters. The van der Waals surface area contributed by atoms with E-state index >= 15 is 0 Å². The summed E-state index contributed by atoms with van der Waals surface area (Å²) < 4.78 is 0. The van der Waals surface area contributed by atoms with Crippen molar-refractivity contribution in [2.24, 2.45) is 11.8 Å². The summed E-state index contributed by atoms with van der Waals surface area (Å²) in [6.45, 7) is 4.49. The lowest BCUT2D eigenvalue weighted by Crippen LogP contribution is -2.27. The molecule has 1 aliphatic carbocycles. The number of nitrogens with zero attached hydrogens (tertiary/aromatic N) is 1. The summed E-state index contributed by atoms with van der Waals surface area (Å²) in [6, 6.07) is 2.74. The second kappa shape index (κ2) is 4.96. The first-order chi connectivity index (χ1) is 7.72. The van der Waals surface area contributed by atoms with Crippen LogP contribution in [0.3, 0.4) is 0 Å². The average Bonchev–Trinajstić information content (AvgIpc) is 2.67. The molecule has 1 N–H and O–H groups in total. The maximum Gasteiger partial charge on any atom is 0.0364 e. The van der Waals surface area contributed by atoms with Crippen LogP contribution < -0.4 is 5.32 Å². The first-order valence-electron chi connectivity index (χ1n) is 6.31. The molecule has 1 aliphatic rings. The number of pyridine rings is 1. The van der Waals surface area contributed by atoms with Crippen LogP contribution in [0, 0.1) is 18.8 Å². The van der Waals surface area contributed by atoms with Gasteiger partial charge in [0.2, 0.25) is 0 Å².